The van der Waals surface area contributed by atoms with Crippen molar-refractivity contribution < 1.29 is 22.4 Å². The van der Waals surface area contributed by atoms with Gasteiger partial charge in [0.1, 0.15) is 0 Å². The largest absolute Gasteiger partial charge is 0.411 e. The molecule has 0 saturated carbocycles. The van der Waals surface area contributed by atoms with Crippen LogP contribution < -0.4 is 5.32 Å². The average Bonchev–Trinajstić information content (AvgIpc) is 3.53. The molecular weight excluding hydrogens is 428 g/mol. The molecule has 1 N–H and O–H groups in total. The maximum atomic E-state index is 12.6. The fraction of sp³-hybridized carbons (Fsp3) is 0.526. The van der Waals surface area contributed by atoms with Gasteiger partial charge in [0, 0.05) is 31.8 Å². The van der Waals surface area contributed by atoms with Crippen LogP contribution in [0.1, 0.15) is 25.7 Å². The van der Waals surface area contributed by atoms with E-state index in [9.17, 15) is 13.2 Å². The van der Waals surface area contributed by atoms with Gasteiger partial charge in [-0.25, -0.2) is 8.42 Å². The molecule has 1 amide bonds. The summed E-state index contributed by atoms with van der Waals surface area (Å²) >= 11 is 1.16. The predicted molar refractivity (Wildman–Crippen MR) is 110 cm³/mol. The first-order chi connectivity index (χ1) is 14.5. The summed E-state index contributed by atoms with van der Waals surface area (Å²) in [5.74, 6) is 0.329. The molecule has 2 aliphatic heterocycles. The van der Waals surface area contributed by atoms with Crippen LogP contribution in [0.25, 0.3) is 11.5 Å². The molecule has 1 aromatic carbocycles. The highest BCUT2D eigenvalue weighted by Gasteiger charge is 2.27. The van der Waals surface area contributed by atoms with Gasteiger partial charge in [0.05, 0.1) is 16.8 Å². The Morgan fingerprint density at radius 1 is 1.17 bits per heavy atom. The maximum absolute atomic E-state index is 12.6. The number of amides is 1. The lowest BCUT2D eigenvalue weighted by Crippen LogP contribution is -2.32. The first kappa shape index (κ1) is 21.3. The summed E-state index contributed by atoms with van der Waals surface area (Å²) in [6.07, 6.45) is 3.90. The summed E-state index contributed by atoms with van der Waals surface area (Å²) in [6.45, 7) is 2.40. The number of aromatic nitrogens is 2. The standard InChI is InChI=1S/C19H24N4O5S2/c24-17(20-12-15-4-3-11-27-15)13-29-19-22-21-18(28-19)14-5-7-16(8-6-14)30(25,26)23-9-1-2-10-23/h5-8,15H,1-4,9-13H2,(H,20,24)/t15-/m0/s1. The quantitative estimate of drug-likeness (QED) is 0.604. The Hall–Kier alpha value is -1.95. The van der Waals surface area contributed by atoms with Crippen molar-refractivity contribution in [3.63, 3.8) is 0 Å². The minimum absolute atomic E-state index is 0.103. The van der Waals surface area contributed by atoms with Crippen molar-refractivity contribution in [2.24, 2.45) is 0 Å². The number of ether oxygens (including phenoxy) is 1. The van der Waals surface area contributed by atoms with E-state index in [1.54, 1.807) is 24.3 Å². The number of carbonyl (C=O) groups is 1. The number of rotatable bonds is 8. The Labute approximate surface area is 179 Å². The van der Waals surface area contributed by atoms with Crippen molar-refractivity contribution in [2.45, 2.75) is 41.9 Å². The van der Waals surface area contributed by atoms with Crippen molar-refractivity contribution in [1.82, 2.24) is 19.8 Å². The van der Waals surface area contributed by atoms with Gasteiger partial charge < -0.3 is 14.5 Å². The third-order valence-electron chi connectivity index (χ3n) is 5.09. The zero-order valence-electron chi connectivity index (χ0n) is 16.5. The van der Waals surface area contributed by atoms with Gasteiger partial charge >= 0.3 is 0 Å². The van der Waals surface area contributed by atoms with Crippen LogP contribution in [-0.4, -0.2) is 66.9 Å². The molecule has 0 unspecified atom stereocenters. The van der Waals surface area contributed by atoms with Gasteiger partial charge in [0.15, 0.2) is 0 Å². The van der Waals surface area contributed by atoms with Crippen LogP contribution in [0.5, 0.6) is 0 Å². The predicted octanol–water partition coefficient (Wildman–Crippen LogP) is 1.91. The molecule has 1 aromatic heterocycles. The second-order valence-corrected chi connectivity index (χ2v) is 10.1. The lowest BCUT2D eigenvalue weighted by molar-refractivity contribution is -0.119. The van der Waals surface area contributed by atoms with Gasteiger partial charge in [-0.3, -0.25) is 4.79 Å². The Bertz CT molecular complexity index is 965. The van der Waals surface area contributed by atoms with Gasteiger partial charge in [-0.05, 0) is 49.9 Å². The topological polar surface area (TPSA) is 115 Å². The Balaban J connectivity index is 1.31. The SMILES string of the molecule is O=C(CSc1nnc(-c2ccc(S(=O)(=O)N3CCCC3)cc2)o1)NC[C@@H]1CCCO1. The van der Waals surface area contributed by atoms with Crippen LogP contribution in [0, 0.1) is 0 Å². The first-order valence-corrected chi connectivity index (χ1v) is 12.4. The van der Waals surface area contributed by atoms with Crippen LogP contribution in [0.15, 0.2) is 38.8 Å². The molecule has 11 heteroatoms. The average molecular weight is 453 g/mol. The zero-order valence-corrected chi connectivity index (χ0v) is 18.1. The smallest absolute Gasteiger partial charge is 0.277 e. The molecule has 0 aliphatic carbocycles. The summed E-state index contributed by atoms with van der Waals surface area (Å²) in [7, 11) is -3.45. The van der Waals surface area contributed by atoms with E-state index in [0.717, 1.165) is 44.1 Å². The van der Waals surface area contributed by atoms with E-state index in [1.165, 1.54) is 4.31 Å². The highest BCUT2D eigenvalue weighted by atomic mass is 32.2. The number of carbonyl (C=O) groups excluding carboxylic acids is 1. The number of hydrogen-bond acceptors (Lipinski definition) is 8. The molecule has 9 nitrogen and oxygen atoms in total. The van der Waals surface area contributed by atoms with E-state index in [-0.39, 0.29) is 33.8 Å². The molecule has 2 fully saturated rings. The molecule has 0 bridgehead atoms. The van der Waals surface area contributed by atoms with Gasteiger partial charge in [-0.2, -0.15) is 4.31 Å². The lowest BCUT2D eigenvalue weighted by atomic mass is 10.2. The molecule has 3 heterocycles. The summed E-state index contributed by atoms with van der Waals surface area (Å²) in [5.41, 5.74) is 0.623. The number of benzene rings is 1. The van der Waals surface area contributed by atoms with E-state index in [1.807, 2.05) is 0 Å². The molecule has 0 spiro atoms. The monoisotopic (exact) mass is 452 g/mol. The van der Waals surface area contributed by atoms with Crippen LogP contribution in [0.2, 0.25) is 0 Å². The van der Waals surface area contributed by atoms with E-state index >= 15 is 0 Å². The Morgan fingerprint density at radius 3 is 2.63 bits per heavy atom. The van der Waals surface area contributed by atoms with Crippen molar-refractivity contribution >= 4 is 27.7 Å². The minimum atomic E-state index is -3.45. The summed E-state index contributed by atoms with van der Waals surface area (Å²) in [4.78, 5) is 12.2. The van der Waals surface area contributed by atoms with Crippen molar-refractivity contribution in [2.75, 3.05) is 32.0 Å². The summed E-state index contributed by atoms with van der Waals surface area (Å²) in [5, 5.41) is 11.1. The Morgan fingerprint density at radius 2 is 1.93 bits per heavy atom. The number of nitrogens with one attached hydrogen (secondary N) is 1. The fourth-order valence-corrected chi connectivity index (χ4v) is 5.55. The molecule has 1 atom stereocenters. The van der Waals surface area contributed by atoms with Crippen molar-refractivity contribution in [1.29, 1.82) is 0 Å². The minimum Gasteiger partial charge on any atom is -0.411 e. The molecule has 4 rings (SSSR count). The number of nitrogens with zero attached hydrogens (tertiary/aromatic N) is 3. The lowest BCUT2D eigenvalue weighted by Gasteiger charge is -2.15. The maximum Gasteiger partial charge on any atom is 0.277 e. The number of hydrogen-bond donors (Lipinski definition) is 1. The molecule has 2 saturated heterocycles. The number of sulfonamides is 1. The second kappa shape index (κ2) is 9.46. The molecule has 2 aromatic rings. The number of thioether (sulfide) groups is 1. The summed E-state index contributed by atoms with van der Waals surface area (Å²) in [6, 6.07) is 6.41. The van der Waals surface area contributed by atoms with Crippen LogP contribution >= 0.6 is 11.8 Å². The van der Waals surface area contributed by atoms with Crippen LogP contribution in [0.3, 0.4) is 0 Å². The first-order valence-electron chi connectivity index (χ1n) is 9.97. The highest BCUT2D eigenvalue weighted by molar-refractivity contribution is 7.99. The van der Waals surface area contributed by atoms with Gasteiger partial charge in [-0.15, -0.1) is 10.2 Å². The molecule has 162 valence electrons. The molecule has 2 aliphatic rings. The van der Waals surface area contributed by atoms with E-state index in [0.29, 0.717) is 25.2 Å². The normalized spacial score (nSPS) is 19.9. The third-order valence-corrected chi connectivity index (χ3v) is 7.82. The van der Waals surface area contributed by atoms with Crippen LogP contribution in [0.4, 0.5) is 0 Å². The van der Waals surface area contributed by atoms with Crippen molar-refractivity contribution in [3.8, 4) is 11.5 Å². The van der Waals surface area contributed by atoms with Crippen molar-refractivity contribution in [3.05, 3.63) is 24.3 Å². The van der Waals surface area contributed by atoms with Gasteiger partial charge in [0.25, 0.3) is 5.22 Å². The van der Waals surface area contributed by atoms with E-state index < -0.39 is 10.0 Å². The highest BCUT2D eigenvalue weighted by Crippen LogP contribution is 2.26. The van der Waals surface area contributed by atoms with E-state index in [2.05, 4.69) is 15.5 Å². The van der Waals surface area contributed by atoms with Crippen LogP contribution in [-0.2, 0) is 19.6 Å². The molecule has 0 radical (unpaired) electrons. The van der Waals surface area contributed by atoms with Gasteiger partial charge in [-0.1, -0.05) is 11.8 Å². The summed E-state index contributed by atoms with van der Waals surface area (Å²) < 4.78 is 37.8. The molecule has 30 heavy (non-hydrogen) atoms. The van der Waals surface area contributed by atoms with E-state index in [4.69, 9.17) is 9.15 Å². The Kier molecular flexibility index (Phi) is 6.71. The second-order valence-electron chi connectivity index (χ2n) is 7.24. The third kappa shape index (κ3) is 5.02. The van der Waals surface area contributed by atoms with Gasteiger partial charge in [0.2, 0.25) is 21.8 Å². The fourth-order valence-electron chi connectivity index (χ4n) is 3.44. The zero-order chi connectivity index (χ0) is 21.0. The molecular formula is C19H24N4O5S2.